The summed E-state index contributed by atoms with van der Waals surface area (Å²) in [5, 5.41) is 12.4. The van der Waals surface area contributed by atoms with Crippen LogP contribution in [0.3, 0.4) is 0 Å². The third kappa shape index (κ3) is 5.67. The number of carbonyl (C=O) groups is 2. The van der Waals surface area contributed by atoms with Crippen LogP contribution in [0.2, 0.25) is 0 Å². The van der Waals surface area contributed by atoms with Crippen LogP contribution >= 0.6 is 0 Å². The minimum atomic E-state index is -1.27. The van der Waals surface area contributed by atoms with Gasteiger partial charge in [0.1, 0.15) is 11.9 Å². The fourth-order valence-electron chi connectivity index (χ4n) is 2.85. The zero-order valence-electron chi connectivity index (χ0n) is 16.8. The molecule has 1 heterocycles. The van der Waals surface area contributed by atoms with Crippen molar-refractivity contribution in [1.29, 1.82) is 0 Å². The van der Waals surface area contributed by atoms with Crippen LogP contribution in [-0.4, -0.2) is 56.1 Å². The van der Waals surface area contributed by atoms with Crippen LogP contribution in [-0.2, 0) is 23.8 Å². The van der Waals surface area contributed by atoms with Crippen molar-refractivity contribution in [3.63, 3.8) is 0 Å². The van der Waals surface area contributed by atoms with Gasteiger partial charge in [0.15, 0.2) is 12.4 Å². The van der Waals surface area contributed by atoms with E-state index in [1.165, 1.54) is 0 Å². The molecule has 1 aliphatic heterocycles. The van der Waals surface area contributed by atoms with Crippen LogP contribution in [0, 0.1) is 5.41 Å². The summed E-state index contributed by atoms with van der Waals surface area (Å²) in [7, 11) is 1.59. The normalized spacial score (nSPS) is 22.2. The van der Waals surface area contributed by atoms with E-state index < -0.39 is 29.9 Å². The van der Waals surface area contributed by atoms with E-state index in [1.807, 2.05) is 26.0 Å². The molecule has 1 aliphatic rings. The quantitative estimate of drug-likeness (QED) is 0.644. The standard InChI is InChI=1S/C20H29NO7/c1-5-26-18(24)15(22)10-11-21-17(23)16-20(2,3)12-27-19(28-16)13-6-8-14(25-4)9-7-13/h6-9,15-16,19,22H,5,10-12H2,1-4H3,(H,21,23)/t15?,16-,19?/m0/s1. The molecule has 1 aromatic rings. The van der Waals surface area contributed by atoms with Crippen molar-refractivity contribution < 1.29 is 33.6 Å². The van der Waals surface area contributed by atoms with Gasteiger partial charge in [-0.3, -0.25) is 4.79 Å². The van der Waals surface area contributed by atoms with E-state index in [2.05, 4.69) is 5.32 Å². The largest absolute Gasteiger partial charge is 0.497 e. The van der Waals surface area contributed by atoms with E-state index >= 15 is 0 Å². The first kappa shape index (κ1) is 22.1. The maximum Gasteiger partial charge on any atom is 0.335 e. The van der Waals surface area contributed by atoms with E-state index in [0.29, 0.717) is 12.4 Å². The van der Waals surface area contributed by atoms with E-state index in [0.717, 1.165) is 5.56 Å². The summed E-state index contributed by atoms with van der Waals surface area (Å²) in [6.45, 7) is 6.09. The molecule has 28 heavy (non-hydrogen) atoms. The molecule has 0 bridgehead atoms. The zero-order valence-corrected chi connectivity index (χ0v) is 16.8. The van der Waals surface area contributed by atoms with E-state index in [4.69, 9.17) is 18.9 Å². The number of aliphatic hydroxyl groups is 1. The van der Waals surface area contributed by atoms with Gasteiger partial charge in [0, 0.05) is 23.9 Å². The number of benzene rings is 1. The van der Waals surface area contributed by atoms with Crippen LogP contribution in [0.25, 0.3) is 0 Å². The van der Waals surface area contributed by atoms with Crippen LogP contribution in [0.1, 0.15) is 39.0 Å². The molecule has 1 fully saturated rings. The molecule has 0 saturated carbocycles. The number of carbonyl (C=O) groups excluding carboxylic acids is 2. The van der Waals surface area contributed by atoms with Gasteiger partial charge in [-0.2, -0.15) is 0 Å². The summed E-state index contributed by atoms with van der Waals surface area (Å²) in [5.41, 5.74) is 0.249. The highest BCUT2D eigenvalue weighted by Gasteiger charge is 2.43. The topological polar surface area (TPSA) is 103 Å². The number of aliphatic hydroxyl groups excluding tert-OH is 1. The summed E-state index contributed by atoms with van der Waals surface area (Å²) in [5.74, 6) is -0.295. The number of ether oxygens (including phenoxy) is 4. The fourth-order valence-corrected chi connectivity index (χ4v) is 2.85. The van der Waals surface area contributed by atoms with E-state index in [-0.39, 0.29) is 25.5 Å². The number of methoxy groups -OCH3 is 1. The molecule has 156 valence electrons. The number of hydrogen-bond donors (Lipinski definition) is 2. The number of nitrogens with one attached hydrogen (secondary N) is 1. The number of amides is 1. The Hall–Kier alpha value is -2.16. The Morgan fingerprint density at radius 3 is 2.61 bits per heavy atom. The van der Waals surface area contributed by atoms with Crippen molar-refractivity contribution in [1.82, 2.24) is 5.32 Å². The highest BCUT2D eigenvalue weighted by Crippen LogP contribution is 2.36. The monoisotopic (exact) mass is 395 g/mol. The zero-order chi connectivity index (χ0) is 20.7. The predicted octanol–water partition coefficient (Wildman–Crippen LogP) is 1.57. The molecular weight excluding hydrogens is 366 g/mol. The maximum absolute atomic E-state index is 12.7. The Morgan fingerprint density at radius 2 is 2.00 bits per heavy atom. The summed E-state index contributed by atoms with van der Waals surface area (Å²) in [6, 6.07) is 7.25. The summed E-state index contributed by atoms with van der Waals surface area (Å²) >= 11 is 0. The Morgan fingerprint density at radius 1 is 1.32 bits per heavy atom. The smallest absolute Gasteiger partial charge is 0.335 e. The minimum Gasteiger partial charge on any atom is -0.497 e. The molecule has 0 aliphatic carbocycles. The van der Waals surface area contributed by atoms with Gasteiger partial charge in [0.2, 0.25) is 5.91 Å². The fraction of sp³-hybridized carbons (Fsp3) is 0.600. The van der Waals surface area contributed by atoms with Crippen LogP contribution in [0.4, 0.5) is 0 Å². The molecule has 2 N–H and O–H groups in total. The van der Waals surface area contributed by atoms with Crippen molar-refractivity contribution >= 4 is 11.9 Å². The Labute approximate surface area is 165 Å². The van der Waals surface area contributed by atoms with Gasteiger partial charge < -0.3 is 29.4 Å². The highest BCUT2D eigenvalue weighted by molar-refractivity contribution is 5.82. The summed E-state index contributed by atoms with van der Waals surface area (Å²) < 4.78 is 21.6. The van der Waals surface area contributed by atoms with Crippen LogP contribution in [0.15, 0.2) is 24.3 Å². The lowest BCUT2D eigenvalue weighted by Gasteiger charge is -2.41. The SMILES string of the molecule is CCOC(=O)C(O)CCNC(=O)[C@@H]1OC(c2ccc(OC)cc2)OCC1(C)C. The summed E-state index contributed by atoms with van der Waals surface area (Å²) in [4.78, 5) is 24.1. The Balaban J connectivity index is 1.94. The average Bonchev–Trinajstić information content (AvgIpc) is 2.68. The number of esters is 1. The second-order valence-electron chi connectivity index (χ2n) is 7.27. The van der Waals surface area contributed by atoms with Crippen molar-refractivity contribution in [3.05, 3.63) is 29.8 Å². The first-order valence-electron chi connectivity index (χ1n) is 9.32. The first-order chi connectivity index (χ1) is 13.3. The number of rotatable bonds is 8. The van der Waals surface area contributed by atoms with Crippen molar-refractivity contribution in [2.75, 3.05) is 26.9 Å². The van der Waals surface area contributed by atoms with Gasteiger partial charge >= 0.3 is 5.97 Å². The number of hydrogen-bond acceptors (Lipinski definition) is 7. The molecule has 8 nitrogen and oxygen atoms in total. The highest BCUT2D eigenvalue weighted by atomic mass is 16.7. The van der Waals surface area contributed by atoms with Gasteiger partial charge in [-0.1, -0.05) is 26.0 Å². The van der Waals surface area contributed by atoms with Crippen molar-refractivity contribution in [2.45, 2.75) is 45.7 Å². The molecule has 1 amide bonds. The Bertz CT molecular complexity index is 659. The van der Waals surface area contributed by atoms with Crippen LogP contribution < -0.4 is 10.1 Å². The molecule has 0 aromatic heterocycles. The second-order valence-corrected chi connectivity index (χ2v) is 7.27. The second kappa shape index (κ2) is 9.86. The van der Waals surface area contributed by atoms with Gasteiger partial charge in [-0.25, -0.2) is 4.79 Å². The lowest BCUT2D eigenvalue weighted by Crippen LogP contribution is -2.52. The van der Waals surface area contributed by atoms with Crippen LogP contribution in [0.5, 0.6) is 5.75 Å². The average molecular weight is 395 g/mol. The predicted molar refractivity (Wildman–Crippen MR) is 101 cm³/mol. The molecular formula is C20H29NO7. The maximum atomic E-state index is 12.7. The molecule has 0 radical (unpaired) electrons. The first-order valence-corrected chi connectivity index (χ1v) is 9.32. The Kier molecular flexibility index (Phi) is 7.79. The third-order valence-corrected chi connectivity index (χ3v) is 4.48. The van der Waals surface area contributed by atoms with E-state index in [9.17, 15) is 14.7 Å². The molecule has 2 rings (SSSR count). The van der Waals surface area contributed by atoms with Gasteiger partial charge in [-0.05, 0) is 19.1 Å². The molecule has 1 saturated heterocycles. The lowest BCUT2D eigenvalue weighted by atomic mass is 9.85. The molecule has 0 spiro atoms. The minimum absolute atomic E-state index is 0.0656. The molecule has 8 heteroatoms. The molecule has 3 atom stereocenters. The van der Waals surface area contributed by atoms with Crippen molar-refractivity contribution in [3.8, 4) is 5.75 Å². The van der Waals surface area contributed by atoms with E-state index in [1.54, 1.807) is 26.2 Å². The third-order valence-electron chi connectivity index (χ3n) is 4.48. The molecule has 1 aromatic carbocycles. The summed E-state index contributed by atoms with van der Waals surface area (Å²) in [6.07, 6.45) is -2.61. The lowest BCUT2D eigenvalue weighted by molar-refractivity contribution is -0.258. The van der Waals surface area contributed by atoms with Gasteiger partial charge in [0.25, 0.3) is 0 Å². The van der Waals surface area contributed by atoms with Gasteiger partial charge in [0.05, 0.1) is 20.3 Å². The molecule has 2 unspecified atom stereocenters. The van der Waals surface area contributed by atoms with Gasteiger partial charge in [-0.15, -0.1) is 0 Å². The van der Waals surface area contributed by atoms with Crippen molar-refractivity contribution in [2.24, 2.45) is 5.41 Å².